The van der Waals surface area contributed by atoms with Gasteiger partial charge in [-0.25, -0.2) is 4.98 Å². The minimum atomic E-state index is 0.917. The zero-order valence-electron chi connectivity index (χ0n) is 27.4. The predicted molar refractivity (Wildman–Crippen MR) is 215 cm³/mol. The second-order valence-electron chi connectivity index (χ2n) is 13.1. The van der Waals surface area contributed by atoms with Gasteiger partial charge in [0.2, 0.25) is 0 Å². The maximum atomic E-state index is 6.71. The number of thiophene rings is 1. The molecule has 238 valence electrons. The molecule has 0 atom stereocenters. The van der Waals surface area contributed by atoms with Gasteiger partial charge in [-0.3, -0.25) is 0 Å². The Labute approximate surface area is 297 Å². The van der Waals surface area contributed by atoms with Crippen molar-refractivity contribution in [2.24, 2.45) is 0 Å². The molecule has 0 unspecified atom stereocenters. The number of pyridine rings is 1. The summed E-state index contributed by atoms with van der Waals surface area (Å²) in [6, 6.07) is 60.3. The van der Waals surface area contributed by atoms with E-state index in [2.05, 4.69) is 168 Å². The number of furan rings is 1. The van der Waals surface area contributed by atoms with Crippen molar-refractivity contribution in [1.82, 2.24) is 9.55 Å². The highest BCUT2D eigenvalue weighted by Gasteiger charge is 2.25. The second kappa shape index (κ2) is 11.0. The molecule has 0 bridgehead atoms. The Morgan fingerprint density at radius 2 is 1.08 bits per heavy atom. The van der Waals surface area contributed by atoms with Crippen molar-refractivity contribution in [3.05, 3.63) is 170 Å². The molecular formula is C47H28N2OS. The van der Waals surface area contributed by atoms with E-state index in [1.54, 1.807) is 0 Å². The fourth-order valence-corrected chi connectivity index (χ4v) is 9.10. The van der Waals surface area contributed by atoms with Crippen molar-refractivity contribution >= 4 is 75.3 Å². The molecule has 51 heavy (non-hydrogen) atoms. The molecule has 11 rings (SSSR count). The van der Waals surface area contributed by atoms with Gasteiger partial charge >= 0.3 is 0 Å². The number of hydrogen-bond acceptors (Lipinski definition) is 3. The van der Waals surface area contributed by atoms with Gasteiger partial charge in [0.05, 0.1) is 27.1 Å². The van der Waals surface area contributed by atoms with Crippen molar-refractivity contribution in [3.63, 3.8) is 0 Å². The molecule has 3 nitrogen and oxygen atoms in total. The first-order chi connectivity index (χ1) is 25.3. The van der Waals surface area contributed by atoms with Gasteiger partial charge in [0, 0.05) is 53.8 Å². The molecule has 4 heteroatoms. The Morgan fingerprint density at radius 1 is 0.471 bits per heavy atom. The van der Waals surface area contributed by atoms with E-state index >= 15 is 0 Å². The van der Waals surface area contributed by atoms with E-state index < -0.39 is 0 Å². The lowest BCUT2D eigenvalue weighted by Crippen LogP contribution is -1.95. The summed E-state index contributed by atoms with van der Waals surface area (Å²) in [6.07, 6.45) is 0. The molecule has 0 aliphatic carbocycles. The van der Waals surface area contributed by atoms with Crippen LogP contribution in [0, 0.1) is 0 Å². The van der Waals surface area contributed by atoms with Gasteiger partial charge < -0.3 is 8.98 Å². The summed E-state index contributed by atoms with van der Waals surface area (Å²) < 4.78 is 11.6. The fourth-order valence-electron chi connectivity index (χ4n) is 7.91. The lowest BCUT2D eigenvalue weighted by molar-refractivity contribution is 0.673. The van der Waals surface area contributed by atoms with Crippen LogP contribution in [0.1, 0.15) is 0 Å². The van der Waals surface area contributed by atoms with E-state index in [9.17, 15) is 0 Å². The van der Waals surface area contributed by atoms with Gasteiger partial charge in [0.15, 0.2) is 5.58 Å². The van der Waals surface area contributed by atoms with Crippen LogP contribution in [-0.4, -0.2) is 9.55 Å². The third-order valence-corrected chi connectivity index (χ3v) is 11.4. The average Bonchev–Trinajstić information content (AvgIpc) is 3.88. The maximum Gasteiger partial charge on any atom is 0.154 e. The van der Waals surface area contributed by atoms with Gasteiger partial charge in [0.25, 0.3) is 0 Å². The maximum absolute atomic E-state index is 6.71. The molecule has 0 amide bonds. The van der Waals surface area contributed by atoms with E-state index in [0.29, 0.717) is 0 Å². The van der Waals surface area contributed by atoms with Crippen LogP contribution in [0.25, 0.3) is 103 Å². The number of benzene rings is 7. The molecule has 11 aromatic rings. The first-order valence-electron chi connectivity index (χ1n) is 17.2. The smallest absolute Gasteiger partial charge is 0.154 e. The van der Waals surface area contributed by atoms with E-state index in [0.717, 1.165) is 50.3 Å². The van der Waals surface area contributed by atoms with Crippen LogP contribution >= 0.6 is 11.3 Å². The SMILES string of the molecule is c1ccc(-c2cc(-c3ccccc3)nc(-c3ccc(-n4c5ccccc5c5c6c7ccccc7oc6c6sc7ccccc7c6c54)cc3)c2)cc1. The zero-order valence-corrected chi connectivity index (χ0v) is 28.2. The lowest BCUT2D eigenvalue weighted by Gasteiger charge is -2.12. The van der Waals surface area contributed by atoms with Crippen LogP contribution in [0.15, 0.2) is 174 Å². The third kappa shape index (κ3) is 4.27. The van der Waals surface area contributed by atoms with Crippen LogP contribution in [0.2, 0.25) is 0 Å². The molecule has 0 radical (unpaired) electrons. The predicted octanol–water partition coefficient (Wildman–Crippen LogP) is 13.4. The largest absolute Gasteiger partial charge is 0.455 e. The molecule has 0 aliphatic heterocycles. The number of fused-ring (bicyclic) bond motifs is 12. The second-order valence-corrected chi connectivity index (χ2v) is 14.1. The molecule has 0 N–H and O–H groups in total. The standard InChI is InChI=1S/C47H28N2OS/c1-3-13-29(14-4-1)32-27-37(30-15-5-2-6-16-30)48-38(28-32)31-23-25-33(26-24-31)49-39-20-10-7-17-34(39)42-43-35-18-8-11-21-40(35)50-46(43)47-44(45(42)49)36-19-9-12-22-41(36)51-47/h1-28H. The van der Waals surface area contributed by atoms with E-state index in [-0.39, 0.29) is 0 Å². The highest BCUT2D eigenvalue weighted by Crippen LogP contribution is 2.50. The normalized spacial score (nSPS) is 11.9. The van der Waals surface area contributed by atoms with Crippen molar-refractivity contribution in [2.45, 2.75) is 0 Å². The molecule has 0 saturated heterocycles. The highest BCUT2D eigenvalue weighted by molar-refractivity contribution is 7.26. The summed E-state index contributed by atoms with van der Waals surface area (Å²) in [6.45, 7) is 0. The van der Waals surface area contributed by atoms with Gasteiger partial charge in [-0.05, 0) is 53.6 Å². The Balaban J connectivity index is 1.18. The Morgan fingerprint density at radius 3 is 1.84 bits per heavy atom. The van der Waals surface area contributed by atoms with Crippen LogP contribution in [0.5, 0.6) is 0 Å². The summed E-state index contributed by atoms with van der Waals surface area (Å²) in [7, 11) is 0. The summed E-state index contributed by atoms with van der Waals surface area (Å²) in [5, 5.41) is 7.27. The fraction of sp³-hybridized carbons (Fsp3) is 0. The molecule has 4 heterocycles. The minimum absolute atomic E-state index is 0.917. The van der Waals surface area contributed by atoms with Gasteiger partial charge in [0.1, 0.15) is 5.58 Å². The molecule has 7 aromatic carbocycles. The Hall–Kier alpha value is -6.49. The van der Waals surface area contributed by atoms with E-state index in [4.69, 9.17) is 9.40 Å². The number of nitrogens with zero attached hydrogens (tertiary/aromatic N) is 2. The lowest BCUT2D eigenvalue weighted by atomic mass is 10.00. The number of para-hydroxylation sites is 2. The first-order valence-corrected chi connectivity index (χ1v) is 18.0. The average molecular weight is 669 g/mol. The molecular weight excluding hydrogens is 641 g/mol. The number of rotatable bonds is 4. The molecule has 0 fully saturated rings. The van der Waals surface area contributed by atoms with Gasteiger partial charge in [-0.1, -0.05) is 127 Å². The van der Waals surface area contributed by atoms with Crippen molar-refractivity contribution in [3.8, 4) is 39.3 Å². The summed E-state index contributed by atoms with van der Waals surface area (Å²) >= 11 is 1.82. The third-order valence-electron chi connectivity index (χ3n) is 10.2. The topological polar surface area (TPSA) is 31.0 Å². The summed E-state index contributed by atoms with van der Waals surface area (Å²) in [4.78, 5) is 5.20. The monoisotopic (exact) mass is 668 g/mol. The highest BCUT2D eigenvalue weighted by atomic mass is 32.1. The van der Waals surface area contributed by atoms with E-state index in [1.807, 2.05) is 17.4 Å². The van der Waals surface area contributed by atoms with Crippen LogP contribution in [0.4, 0.5) is 0 Å². The molecule has 4 aromatic heterocycles. The van der Waals surface area contributed by atoms with Crippen LogP contribution in [0.3, 0.4) is 0 Å². The Kier molecular flexibility index (Phi) is 6.12. The van der Waals surface area contributed by atoms with Crippen molar-refractivity contribution in [2.75, 3.05) is 0 Å². The molecule has 0 saturated carbocycles. The first kappa shape index (κ1) is 28.4. The van der Waals surface area contributed by atoms with Gasteiger partial charge in [-0.15, -0.1) is 11.3 Å². The zero-order chi connectivity index (χ0) is 33.5. The van der Waals surface area contributed by atoms with Crippen LogP contribution in [-0.2, 0) is 0 Å². The van der Waals surface area contributed by atoms with Crippen molar-refractivity contribution in [1.29, 1.82) is 0 Å². The summed E-state index contributed by atoms with van der Waals surface area (Å²) in [5.41, 5.74) is 11.8. The Bertz CT molecular complexity index is 3060. The van der Waals surface area contributed by atoms with Crippen molar-refractivity contribution < 1.29 is 4.42 Å². The summed E-state index contributed by atoms with van der Waals surface area (Å²) in [5.74, 6) is 0. The minimum Gasteiger partial charge on any atom is -0.455 e. The molecule has 0 spiro atoms. The number of aromatic nitrogens is 2. The van der Waals surface area contributed by atoms with Crippen LogP contribution < -0.4 is 0 Å². The quantitative estimate of drug-likeness (QED) is 0.187. The van der Waals surface area contributed by atoms with E-state index in [1.165, 1.54) is 52.9 Å². The van der Waals surface area contributed by atoms with Gasteiger partial charge in [-0.2, -0.15) is 0 Å². The number of hydrogen-bond donors (Lipinski definition) is 0. The molecule has 0 aliphatic rings.